The molecule has 0 spiro atoms. The molecule has 1 aromatic rings. The zero-order valence-corrected chi connectivity index (χ0v) is 13.8. The second-order valence-corrected chi connectivity index (χ2v) is 5.53. The normalized spacial score (nSPS) is 10.5. The van der Waals surface area contributed by atoms with E-state index in [0.717, 1.165) is 5.56 Å². The van der Waals surface area contributed by atoms with Crippen LogP contribution in [0.25, 0.3) is 0 Å². The highest BCUT2D eigenvalue weighted by molar-refractivity contribution is 5.93. The van der Waals surface area contributed by atoms with E-state index < -0.39 is 5.41 Å². The Morgan fingerprint density at radius 2 is 1.76 bits per heavy atom. The highest BCUT2D eigenvalue weighted by atomic mass is 35.5. The third-order valence-corrected chi connectivity index (χ3v) is 3.30. The maximum atomic E-state index is 12.2. The molecule has 5 nitrogen and oxygen atoms in total. The standard InChI is InChI=1S/C15H23N3O2.ClH/c1-15(2,10-16)14(20)18(4)9-11-5-7-12(8-6-11)13(19)17-3;/h5-8H,9-10,16H2,1-4H3,(H,17,19);1H. The summed E-state index contributed by atoms with van der Waals surface area (Å²) in [5.74, 6) is -0.111. The van der Waals surface area contributed by atoms with Crippen LogP contribution in [-0.4, -0.2) is 37.4 Å². The first-order valence-corrected chi connectivity index (χ1v) is 6.58. The molecule has 0 aliphatic heterocycles. The number of amides is 2. The molecule has 3 N–H and O–H groups in total. The van der Waals surface area contributed by atoms with Gasteiger partial charge in [-0.15, -0.1) is 12.4 Å². The van der Waals surface area contributed by atoms with Gasteiger partial charge in [0, 0.05) is 32.7 Å². The van der Waals surface area contributed by atoms with Gasteiger partial charge in [0.2, 0.25) is 5.91 Å². The Hall–Kier alpha value is -1.59. The summed E-state index contributed by atoms with van der Waals surface area (Å²) >= 11 is 0. The van der Waals surface area contributed by atoms with E-state index in [1.165, 1.54) is 0 Å². The lowest BCUT2D eigenvalue weighted by molar-refractivity contribution is -0.139. The Kier molecular flexibility index (Phi) is 7.39. The number of nitrogens with zero attached hydrogens (tertiary/aromatic N) is 1. The smallest absolute Gasteiger partial charge is 0.251 e. The van der Waals surface area contributed by atoms with Crippen LogP contribution in [0.1, 0.15) is 29.8 Å². The number of benzene rings is 1. The number of hydrogen-bond donors (Lipinski definition) is 2. The molecule has 1 rings (SSSR count). The summed E-state index contributed by atoms with van der Waals surface area (Å²) < 4.78 is 0. The second kappa shape index (κ2) is 8.00. The summed E-state index contributed by atoms with van der Waals surface area (Å²) in [4.78, 5) is 25.3. The van der Waals surface area contributed by atoms with Crippen LogP contribution in [0.15, 0.2) is 24.3 Å². The van der Waals surface area contributed by atoms with Crippen LogP contribution in [0.5, 0.6) is 0 Å². The zero-order chi connectivity index (χ0) is 15.3. The lowest BCUT2D eigenvalue weighted by Gasteiger charge is -2.28. The van der Waals surface area contributed by atoms with Gasteiger partial charge in [0.05, 0.1) is 5.41 Å². The molecule has 0 unspecified atom stereocenters. The molecule has 0 fully saturated rings. The first kappa shape index (κ1) is 19.4. The molecular formula is C15H24ClN3O2. The van der Waals surface area contributed by atoms with Crippen molar-refractivity contribution in [2.24, 2.45) is 11.1 Å². The van der Waals surface area contributed by atoms with Gasteiger partial charge in [0.1, 0.15) is 0 Å². The summed E-state index contributed by atoms with van der Waals surface area (Å²) in [6.45, 7) is 4.48. The molecule has 0 atom stereocenters. The van der Waals surface area contributed by atoms with E-state index in [4.69, 9.17) is 5.73 Å². The van der Waals surface area contributed by atoms with Crippen molar-refractivity contribution in [1.82, 2.24) is 10.2 Å². The van der Waals surface area contributed by atoms with Gasteiger partial charge in [0.25, 0.3) is 5.91 Å². The summed E-state index contributed by atoms with van der Waals surface area (Å²) in [5, 5.41) is 2.57. The molecule has 6 heteroatoms. The van der Waals surface area contributed by atoms with E-state index in [2.05, 4.69) is 5.32 Å². The van der Waals surface area contributed by atoms with E-state index in [1.807, 2.05) is 26.0 Å². The van der Waals surface area contributed by atoms with Crippen LogP contribution < -0.4 is 11.1 Å². The molecule has 0 radical (unpaired) electrons. The average Bonchev–Trinajstić information content (AvgIpc) is 2.46. The number of nitrogens with two attached hydrogens (primary N) is 1. The van der Waals surface area contributed by atoms with Gasteiger partial charge in [-0.05, 0) is 31.5 Å². The Morgan fingerprint density at radius 1 is 1.24 bits per heavy atom. The van der Waals surface area contributed by atoms with Crippen LogP contribution in [0.3, 0.4) is 0 Å². The van der Waals surface area contributed by atoms with Crippen LogP contribution in [-0.2, 0) is 11.3 Å². The topological polar surface area (TPSA) is 75.4 Å². The van der Waals surface area contributed by atoms with E-state index in [9.17, 15) is 9.59 Å². The Bertz CT molecular complexity index is 486. The molecule has 21 heavy (non-hydrogen) atoms. The molecule has 0 aliphatic carbocycles. The molecule has 118 valence electrons. The maximum absolute atomic E-state index is 12.2. The molecule has 0 saturated carbocycles. The van der Waals surface area contributed by atoms with Gasteiger partial charge >= 0.3 is 0 Å². The third-order valence-electron chi connectivity index (χ3n) is 3.30. The largest absolute Gasteiger partial charge is 0.355 e. The Labute approximate surface area is 132 Å². The summed E-state index contributed by atoms with van der Waals surface area (Å²) in [6, 6.07) is 7.20. The van der Waals surface area contributed by atoms with Crippen molar-refractivity contribution >= 4 is 24.2 Å². The zero-order valence-electron chi connectivity index (χ0n) is 13.0. The fourth-order valence-electron chi connectivity index (χ4n) is 1.86. The van der Waals surface area contributed by atoms with E-state index in [1.54, 1.807) is 31.1 Å². The van der Waals surface area contributed by atoms with E-state index in [0.29, 0.717) is 18.7 Å². The van der Waals surface area contributed by atoms with E-state index >= 15 is 0 Å². The first-order chi connectivity index (χ1) is 9.31. The summed E-state index contributed by atoms with van der Waals surface area (Å²) in [7, 11) is 3.35. The predicted octanol–water partition coefficient (Wildman–Crippen LogP) is 1.41. The fourth-order valence-corrected chi connectivity index (χ4v) is 1.86. The molecule has 0 heterocycles. The van der Waals surface area contributed by atoms with Gasteiger partial charge in [-0.25, -0.2) is 0 Å². The monoisotopic (exact) mass is 313 g/mol. The lowest BCUT2D eigenvalue weighted by atomic mass is 9.92. The van der Waals surface area contributed by atoms with Crippen molar-refractivity contribution in [3.05, 3.63) is 35.4 Å². The van der Waals surface area contributed by atoms with Crippen molar-refractivity contribution in [2.75, 3.05) is 20.6 Å². The van der Waals surface area contributed by atoms with Gasteiger partial charge in [0.15, 0.2) is 0 Å². The summed E-state index contributed by atoms with van der Waals surface area (Å²) in [6.07, 6.45) is 0. The van der Waals surface area contributed by atoms with Crippen molar-refractivity contribution in [3.8, 4) is 0 Å². The number of carbonyl (C=O) groups is 2. The van der Waals surface area contributed by atoms with E-state index in [-0.39, 0.29) is 24.2 Å². The quantitative estimate of drug-likeness (QED) is 0.863. The Balaban J connectivity index is 0.00000400. The number of hydrogen-bond acceptors (Lipinski definition) is 3. The van der Waals surface area contributed by atoms with Crippen LogP contribution in [0.4, 0.5) is 0 Å². The number of nitrogens with one attached hydrogen (secondary N) is 1. The van der Waals surface area contributed by atoms with Gasteiger partial charge < -0.3 is 16.0 Å². The van der Waals surface area contributed by atoms with Crippen molar-refractivity contribution in [2.45, 2.75) is 20.4 Å². The molecule has 2 amide bonds. The third kappa shape index (κ3) is 5.02. The minimum Gasteiger partial charge on any atom is -0.355 e. The van der Waals surface area contributed by atoms with Crippen molar-refractivity contribution in [1.29, 1.82) is 0 Å². The minimum absolute atomic E-state index is 0. The fraction of sp³-hybridized carbons (Fsp3) is 0.467. The molecule has 0 aliphatic rings. The highest BCUT2D eigenvalue weighted by Gasteiger charge is 2.28. The highest BCUT2D eigenvalue weighted by Crippen LogP contribution is 2.17. The van der Waals surface area contributed by atoms with Crippen molar-refractivity contribution < 1.29 is 9.59 Å². The molecular weight excluding hydrogens is 290 g/mol. The van der Waals surface area contributed by atoms with Crippen LogP contribution in [0.2, 0.25) is 0 Å². The SMILES string of the molecule is CNC(=O)c1ccc(CN(C)C(=O)C(C)(C)CN)cc1.Cl. The van der Waals surface area contributed by atoms with Gasteiger partial charge in [-0.2, -0.15) is 0 Å². The number of carbonyl (C=O) groups excluding carboxylic acids is 2. The number of halogens is 1. The molecule has 1 aromatic carbocycles. The first-order valence-electron chi connectivity index (χ1n) is 6.58. The number of rotatable bonds is 5. The second-order valence-electron chi connectivity index (χ2n) is 5.53. The lowest BCUT2D eigenvalue weighted by Crippen LogP contribution is -2.42. The van der Waals surface area contributed by atoms with Crippen molar-refractivity contribution in [3.63, 3.8) is 0 Å². The minimum atomic E-state index is -0.559. The average molecular weight is 314 g/mol. The molecule has 0 saturated heterocycles. The van der Waals surface area contributed by atoms with Gasteiger partial charge in [-0.3, -0.25) is 9.59 Å². The predicted molar refractivity (Wildman–Crippen MR) is 86.4 cm³/mol. The van der Waals surface area contributed by atoms with Crippen LogP contribution in [0, 0.1) is 5.41 Å². The van der Waals surface area contributed by atoms with Crippen LogP contribution >= 0.6 is 12.4 Å². The van der Waals surface area contributed by atoms with Gasteiger partial charge in [-0.1, -0.05) is 12.1 Å². The summed E-state index contributed by atoms with van der Waals surface area (Å²) in [5.41, 5.74) is 6.63. The molecule has 0 aromatic heterocycles. The molecule has 0 bridgehead atoms. The maximum Gasteiger partial charge on any atom is 0.251 e. The Morgan fingerprint density at radius 3 is 2.19 bits per heavy atom.